The van der Waals surface area contributed by atoms with E-state index in [9.17, 15) is 0 Å². The molecule has 0 aliphatic carbocycles. The Bertz CT molecular complexity index is 181. The smallest absolute Gasteiger partial charge is 0.0523 e. The van der Waals surface area contributed by atoms with Gasteiger partial charge < -0.3 is 5.73 Å². The summed E-state index contributed by atoms with van der Waals surface area (Å²) >= 11 is 0. The Hall–Kier alpha value is -0.200. The summed E-state index contributed by atoms with van der Waals surface area (Å²) in [5, 5.41) is 0. The molecule has 0 saturated carbocycles. The molecular formula is C11H27N5. The molecule has 0 spiro atoms. The normalized spacial score (nSPS) is 26.1. The van der Waals surface area contributed by atoms with Crippen molar-refractivity contribution < 1.29 is 0 Å². The Labute approximate surface area is 99.8 Å². The lowest BCUT2D eigenvalue weighted by atomic mass is 10.1. The molecule has 1 aliphatic rings. The van der Waals surface area contributed by atoms with E-state index in [0.717, 1.165) is 39.6 Å². The van der Waals surface area contributed by atoms with E-state index in [0.29, 0.717) is 5.92 Å². The van der Waals surface area contributed by atoms with Crippen LogP contribution in [0.1, 0.15) is 0 Å². The van der Waals surface area contributed by atoms with Crippen LogP contribution >= 0.6 is 0 Å². The van der Waals surface area contributed by atoms with Gasteiger partial charge in [0.15, 0.2) is 0 Å². The fourth-order valence-electron chi connectivity index (χ4n) is 2.53. The predicted molar refractivity (Wildman–Crippen MR) is 67.9 cm³/mol. The van der Waals surface area contributed by atoms with Crippen LogP contribution in [0.2, 0.25) is 0 Å². The minimum atomic E-state index is 0.565. The fraction of sp³-hybridized carbons (Fsp3) is 1.00. The second kappa shape index (κ2) is 6.51. The Kier molecular flexibility index (Phi) is 5.64. The number of rotatable bonds is 1. The minimum Gasteiger partial charge on any atom is -0.330 e. The Morgan fingerprint density at radius 3 is 1.56 bits per heavy atom. The van der Waals surface area contributed by atoms with Crippen molar-refractivity contribution in [3.05, 3.63) is 0 Å². The molecule has 0 aromatic rings. The summed E-state index contributed by atoms with van der Waals surface area (Å²) in [6.07, 6.45) is 0. The molecule has 0 atom stereocenters. The highest BCUT2D eigenvalue weighted by Crippen LogP contribution is 2.04. The molecule has 0 aromatic carbocycles. The highest BCUT2D eigenvalue weighted by molar-refractivity contribution is 4.70. The van der Waals surface area contributed by atoms with Crippen LogP contribution in [0.3, 0.4) is 0 Å². The number of hydrogen-bond donors (Lipinski definition) is 1. The molecule has 0 unspecified atom stereocenters. The van der Waals surface area contributed by atoms with E-state index in [1.54, 1.807) is 0 Å². The van der Waals surface area contributed by atoms with Gasteiger partial charge >= 0.3 is 0 Å². The van der Waals surface area contributed by atoms with E-state index in [1.165, 1.54) is 0 Å². The standard InChI is InChI=1S/C11H27N5/c1-13-6-11(5-12)7-14(2)9-16(4)10-15(3)8-13/h11H,5-10,12H2,1-4H3. The van der Waals surface area contributed by atoms with Crippen molar-refractivity contribution in [1.82, 2.24) is 19.6 Å². The first-order chi connectivity index (χ1) is 7.51. The average Bonchev–Trinajstić information content (AvgIpc) is 2.14. The number of nitrogens with zero attached hydrogens (tertiary/aromatic N) is 4. The molecule has 16 heavy (non-hydrogen) atoms. The molecule has 1 aliphatic heterocycles. The van der Waals surface area contributed by atoms with Crippen molar-refractivity contribution in [2.45, 2.75) is 0 Å². The predicted octanol–water partition coefficient (Wildman–Crippen LogP) is -0.825. The highest BCUT2D eigenvalue weighted by atomic mass is 15.4. The molecular weight excluding hydrogens is 202 g/mol. The molecule has 5 heteroatoms. The van der Waals surface area contributed by atoms with Crippen LogP contribution in [0.4, 0.5) is 0 Å². The molecule has 1 rings (SSSR count). The van der Waals surface area contributed by atoms with Gasteiger partial charge in [-0.1, -0.05) is 0 Å². The van der Waals surface area contributed by atoms with Crippen molar-refractivity contribution in [3.63, 3.8) is 0 Å². The minimum absolute atomic E-state index is 0.565. The Morgan fingerprint density at radius 1 is 0.812 bits per heavy atom. The molecule has 1 saturated heterocycles. The maximum atomic E-state index is 5.83. The van der Waals surface area contributed by atoms with Crippen molar-refractivity contribution in [1.29, 1.82) is 0 Å². The van der Waals surface area contributed by atoms with E-state index in [2.05, 4.69) is 47.8 Å². The van der Waals surface area contributed by atoms with Gasteiger partial charge in [-0.15, -0.1) is 0 Å². The average molecular weight is 229 g/mol. The number of hydrogen-bond acceptors (Lipinski definition) is 5. The summed E-state index contributed by atoms with van der Waals surface area (Å²) in [4.78, 5) is 9.36. The summed E-state index contributed by atoms with van der Waals surface area (Å²) in [6, 6.07) is 0. The van der Waals surface area contributed by atoms with Crippen LogP contribution in [0.15, 0.2) is 0 Å². The zero-order valence-electron chi connectivity index (χ0n) is 11.2. The lowest BCUT2D eigenvalue weighted by Gasteiger charge is -2.36. The maximum Gasteiger partial charge on any atom is 0.0523 e. The summed E-state index contributed by atoms with van der Waals surface area (Å²) in [7, 11) is 8.65. The third kappa shape index (κ3) is 4.76. The van der Waals surface area contributed by atoms with Gasteiger partial charge in [0.05, 0.1) is 20.0 Å². The molecule has 0 radical (unpaired) electrons. The lowest BCUT2D eigenvalue weighted by molar-refractivity contribution is 0.0530. The van der Waals surface area contributed by atoms with Crippen LogP contribution in [0.5, 0.6) is 0 Å². The van der Waals surface area contributed by atoms with Gasteiger partial charge in [-0.05, 0) is 40.7 Å². The highest BCUT2D eigenvalue weighted by Gasteiger charge is 2.17. The fourth-order valence-corrected chi connectivity index (χ4v) is 2.53. The van der Waals surface area contributed by atoms with Crippen molar-refractivity contribution in [3.8, 4) is 0 Å². The topological polar surface area (TPSA) is 39.0 Å². The second-order valence-electron chi connectivity index (χ2n) is 5.32. The first-order valence-corrected chi connectivity index (χ1v) is 5.95. The van der Waals surface area contributed by atoms with Gasteiger partial charge in [0.25, 0.3) is 0 Å². The third-order valence-corrected chi connectivity index (χ3v) is 2.92. The Balaban J connectivity index is 2.59. The van der Waals surface area contributed by atoms with Gasteiger partial charge in [-0.25, -0.2) is 0 Å². The van der Waals surface area contributed by atoms with Gasteiger partial charge in [0.1, 0.15) is 0 Å². The third-order valence-electron chi connectivity index (χ3n) is 2.92. The second-order valence-corrected chi connectivity index (χ2v) is 5.32. The van der Waals surface area contributed by atoms with E-state index in [4.69, 9.17) is 5.73 Å². The first-order valence-electron chi connectivity index (χ1n) is 5.95. The van der Waals surface area contributed by atoms with Crippen molar-refractivity contribution in [2.24, 2.45) is 11.7 Å². The van der Waals surface area contributed by atoms with Gasteiger partial charge in [0, 0.05) is 13.1 Å². The largest absolute Gasteiger partial charge is 0.330 e. The van der Waals surface area contributed by atoms with Crippen LogP contribution < -0.4 is 5.73 Å². The summed E-state index contributed by atoms with van der Waals surface area (Å²) in [5.41, 5.74) is 5.83. The molecule has 0 aromatic heterocycles. The molecule has 1 heterocycles. The molecule has 5 nitrogen and oxygen atoms in total. The maximum absolute atomic E-state index is 5.83. The molecule has 96 valence electrons. The quantitative estimate of drug-likeness (QED) is 0.636. The van der Waals surface area contributed by atoms with Crippen LogP contribution in [0.25, 0.3) is 0 Å². The van der Waals surface area contributed by atoms with Crippen molar-refractivity contribution in [2.75, 3.05) is 67.8 Å². The van der Waals surface area contributed by atoms with Crippen LogP contribution in [-0.4, -0.2) is 87.4 Å². The van der Waals surface area contributed by atoms with Gasteiger partial charge in [-0.3, -0.25) is 19.6 Å². The zero-order valence-corrected chi connectivity index (χ0v) is 11.2. The molecule has 0 amide bonds. The van der Waals surface area contributed by atoms with E-state index in [1.807, 2.05) is 0 Å². The van der Waals surface area contributed by atoms with E-state index < -0.39 is 0 Å². The Morgan fingerprint density at radius 2 is 1.19 bits per heavy atom. The zero-order chi connectivity index (χ0) is 12.1. The molecule has 0 bridgehead atoms. The lowest BCUT2D eigenvalue weighted by Crippen LogP contribution is -2.48. The summed E-state index contributed by atoms with van der Waals surface area (Å²) < 4.78 is 0. The summed E-state index contributed by atoms with van der Waals surface area (Å²) in [5.74, 6) is 0.565. The van der Waals surface area contributed by atoms with E-state index >= 15 is 0 Å². The summed E-state index contributed by atoms with van der Waals surface area (Å²) in [6.45, 7) is 5.93. The van der Waals surface area contributed by atoms with Gasteiger partial charge in [-0.2, -0.15) is 0 Å². The monoisotopic (exact) mass is 229 g/mol. The molecule has 1 fully saturated rings. The number of nitrogens with two attached hydrogens (primary N) is 1. The van der Waals surface area contributed by atoms with Crippen LogP contribution in [0, 0.1) is 5.92 Å². The first kappa shape index (κ1) is 13.9. The van der Waals surface area contributed by atoms with Crippen LogP contribution in [-0.2, 0) is 0 Å². The van der Waals surface area contributed by atoms with Crippen molar-refractivity contribution >= 4 is 0 Å². The SMILES string of the molecule is CN1CC(CN)CN(C)CN(C)CN(C)C1. The van der Waals surface area contributed by atoms with E-state index in [-0.39, 0.29) is 0 Å². The van der Waals surface area contributed by atoms with Gasteiger partial charge in [0.2, 0.25) is 0 Å². The molecule has 2 N–H and O–H groups in total.